The standard InChI is InChI=1S/C24H32N6O2S/c1-13-4-7-19-23(28-13)33-21(24(19,25)26)22(31)29-17-10-16-5-6-18(11-20(16)32-12-17)30-9-8-27-14(2)15(30)3/h4-7,11,14-15,17,21,27H,8-10,12,25-26H2,1-3H3,(H,29,31)/t14-,15-,17+,21?/m0/s1. The second kappa shape index (κ2) is 8.47. The number of aromatic nitrogens is 1. The van der Waals surface area contributed by atoms with Gasteiger partial charge in [0.05, 0.1) is 6.04 Å². The zero-order valence-electron chi connectivity index (χ0n) is 19.3. The van der Waals surface area contributed by atoms with Crippen LogP contribution < -0.4 is 31.7 Å². The van der Waals surface area contributed by atoms with Gasteiger partial charge in [-0.15, -0.1) is 0 Å². The molecule has 6 N–H and O–H groups in total. The number of nitrogens with two attached hydrogens (primary N) is 2. The lowest BCUT2D eigenvalue weighted by Gasteiger charge is -2.40. The lowest BCUT2D eigenvalue weighted by molar-refractivity contribution is -0.122. The maximum atomic E-state index is 13.1. The van der Waals surface area contributed by atoms with Gasteiger partial charge >= 0.3 is 0 Å². The molecular formula is C24H32N6O2S. The zero-order valence-corrected chi connectivity index (χ0v) is 20.1. The Hall–Kier alpha value is -2.33. The molecule has 3 aliphatic rings. The van der Waals surface area contributed by atoms with Gasteiger partial charge in [-0.25, -0.2) is 4.98 Å². The number of hydrogen-bond acceptors (Lipinski definition) is 8. The van der Waals surface area contributed by atoms with E-state index in [1.165, 1.54) is 17.4 Å². The largest absolute Gasteiger partial charge is 0.491 e. The maximum absolute atomic E-state index is 13.1. The summed E-state index contributed by atoms with van der Waals surface area (Å²) < 4.78 is 6.08. The van der Waals surface area contributed by atoms with Crippen LogP contribution in [0.5, 0.6) is 5.75 Å². The molecular weight excluding hydrogens is 436 g/mol. The molecule has 0 bridgehead atoms. The minimum atomic E-state index is -1.26. The van der Waals surface area contributed by atoms with Gasteiger partial charge in [0.25, 0.3) is 0 Å². The first-order valence-corrected chi connectivity index (χ1v) is 12.4. The van der Waals surface area contributed by atoms with E-state index >= 15 is 0 Å². The van der Waals surface area contributed by atoms with Gasteiger partial charge in [0.2, 0.25) is 5.91 Å². The van der Waals surface area contributed by atoms with Crippen molar-refractivity contribution in [1.29, 1.82) is 0 Å². The van der Waals surface area contributed by atoms with Crippen LogP contribution in [0.25, 0.3) is 0 Å². The molecule has 0 saturated carbocycles. The molecule has 4 atom stereocenters. The van der Waals surface area contributed by atoms with Crippen LogP contribution in [0.3, 0.4) is 0 Å². The molecule has 8 nitrogen and oxygen atoms in total. The molecule has 1 unspecified atom stereocenters. The number of rotatable bonds is 3. The summed E-state index contributed by atoms with van der Waals surface area (Å²) in [6, 6.07) is 10.9. The molecule has 0 aliphatic carbocycles. The van der Waals surface area contributed by atoms with Crippen molar-refractivity contribution < 1.29 is 9.53 Å². The summed E-state index contributed by atoms with van der Waals surface area (Å²) in [7, 11) is 0. The number of carbonyl (C=O) groups excluding carboxylic acids is 1. The van der Waals surface area contributed by atoms with E-state index < -0.39 is 10.9 Å². The van der Waals surface area contributed by atoms with Crippen molar-refractivity contribution in [1.82, 2.24) is 15.6 Å². The SMILES string of the molecule is Cc1ccc2c(n1)SC(C(=O)N[C@H]1COc3cc(N4CCN[C@@H](C)[C@@H]4C)ccc3C1)C2(N)N. The fourth-order valence-corrected chi connectivity index (χ4v) is 6.19. The van der Waals surface area contributed by atoms with Crippen molar-refractivity contribution >= 4 is 23.4 Å². The Kier molecular flexibility index (Phi) is 5.76. The molecule has 4 heterocycles. The molecule has 0 radical (unpaired) electrons. The highest BCUT2D eigenvalue weighted by atomic mass is 32.2. The van der Waals surface area contributed by atoms with Gasteiger partial charge in [0, 0.05) is 48.2 Å². The number of benzene rings is 1. The number of nitrogens with one attached hydrogen (secondary N) is 2. The number of aryl methyl sites for hydroxylation is 1. The average Bonchev–Trinajstić information content (AvgIpc) is 3.05. The first-order valence-electron chi connectivity index (χ1n) is 11.5. The van der Waals surface area contributed by atoms with E-state index in [2.05, 4.69) is 52.6 Å². The summed E-state index contributed by atoms with van der Waals surface area (Å²) in [5, 5.41) is 6.72. The Morgan fingerprint density at radius 1 is 1.30 bits per heavy atom. The van der Waals surface area contributed by atoms with Crippen molar-refractivity contribution in [2.45, 2.75) is 61.3 Å². The second-order valence-electron chi connectivity index (χ2n) is 9.43. The Morgan fingerprint density at radius 2 is 2.12 bits per heavy atom. The molecule has 3 aliphatic heterocycles. The highest BCUT2D eigenvalue weighted by molar-refractivity contribution is 8.01. The van der Waals surface area contributed by atoms with E-state index in [-0.39, 0.29) is 11.9 Å². The zero-order chi connectivity index (χ0) is 23.3. The minimum Gasteiger partial charge on any atom is -0.491 e. The fourth-order valence-electron chi connectivity index (χ4n) is 4.90. The van der Waals surface area contributed by atoms with Gasteiger partial charge in [0.15, 0.2) is 0 Å². The van der Waals surface area contributed by atoms with E-state index in [9.17, 15) is 4.79 Å². The van der Waals surface area contributed by atoms with Gasteiger partial charge in [0.1, 0.15) is 28.3 Å². The van der Waals surface area contributed by atoms with Crippen LogP contribution in [0, 0.1) is 6.92 Å². The second-order valence-corrected chi connectivity index (χ2v) is 10.5. The van der Waals surface area contributed by atoms with Crippen molar-refractivity contribution in [3.05, 3.63) is 47.2 Å². The summed E-state index contributed by atoms with van der Waals surface area (Å²) in [6.45, 7) is 8.73. The normalized spacial score (nSPS) is 28.0. The number of hydrogen-bond donors (Lipinski definition) is 4. The molecule has 2 aromatic rings. The van der Waals surface area contributed by atoms with Crippen LogP contribution >= 0.6 is 11.8 Å². The molecule has 1 fully saturated rings. The highest BCUT2D eigenvalue weighted by Gasteiger charge is 2.47. The number of pyridine rings is 1. The van der Waals surface area contributed by atoms with E-state index in [0.717, 1.165) is 35.1 Å². The number of carbonyl (C=O) groups is 1. The number of nitrogens with zero attached hydrogens (tertiary/aromatic N) is 2. The van der Waals surface area contributed by atoms with Crippen molar-refractivity contribution in [2.75, 3.05) is 24.6 Å². The number of amides is 1. The van der Waals surface area contributed by atoms with E-state index in [4.69, 9.17) is 16.2 Å². The van der Waals surface area contributed by atoms with Crippen molar-refractivity contribution in [2.24, 2.45) is 11.5 Å². The van der Waals surface area contributed by atoms with Gasteiger partial charge < -0.3 is 31.7 Å². The van der Waals surface area contributed by atoms with Crippen LogP contribution in [-0.2, 0) is 16.9 Å². The monoisotopic (exact) mass is 468 g/mol. The topological polar surface area (TPSA) is 119 Å². The number of thioether (sulfide) groups is 1. The molecule has 1 amide bonds. The average molecular weight is 469 g/mol. The predicted molar refractivity (Wildman–Crippen MR) is 131 cm³/mol. The minimum absolute atomic E-state index is 0.135. The Balaban J connectivity index is 1.26. The number of fused-ring (bicyclic) bond motifs is 2. The molecule has 1 aromatic carbocycles. The molecule has 1 saturated heterocycles. The molecule has 1 aromatic heterocycles. The summed E-state index contributed by atoms with van der Waals surface area (Å²) in [5.74, 6) is 0.712. The number of ether oxygens (including phenoxy) is 1. The number of piperazine rings is 1. The lowest BCUT2D eigenvalue weighted by atomic mass is 9.97. The first-order chi connectivity index (χ1) is 15.7. The third kappa shape index (κ3) is 4.07. The molecule has 0 spiro atoms. The van der Waals surface area contributed by atoms with Crippen LogP contribution in [0.1, 0.15) is 30.7 Å². The van der Waals surface area contributed by atoms with E-state index in [1.54, 1.807) is 0 Å². The van der Waals surface area contributed by atoms with Gasteiger partial charge in [-0.2, -0.15) is 0 Å². The molecule has 9 heteroatoms. The van der Waals surface area contributed by atoms with Crippen LogP contribution in [0.15, 0.2) is 35.4 Å². The quantitative estimate of drug-likeness (QED) is 0.497. The smallest absolute Gasteiger partial charge is 0.237 e. The Morgan fingerprint density at radius 3 is 2.94 bits per heavy atom. The predicted octanol–water partition coefficient (Wildman–Crippen LogP) is 1.24. The maximum Gasteiger partial charge on any atom is 0.237 e. The van der Waals surface area contributed by atoms with Crippen LogP contribution in [0.4, 0.5) is 5.69 Å². The van der Waals surface area contributed by atoms with Crippen LogP contribution in [0.2, 0.25) is 0 Å². The Labute approximate surface area is 198 Å². The van der Waals surface area contributed by atoms with Crippen molar-refractivity contribution in [3.8, 4) is 5.75 Å². The highest BCUT2D eigenvalue weighted by Crippen LogP contribution is 2.43. The summed E-state index contributed by atoms with van der Waals surface area (Å²) in [5.41, 5.74) is 15.4. The first kappa shape index (κ1) is 22.5. The summed E-state index contributed by atoms with van der Waals surface area (Å²) >= 11 is 1.33. The van der Waals surface area contributed by atoms with E-state index in [1.807, 2.05) is 19.1 Å². The molecule has 33 heavy (non-hydrogen) atoms. The lowest BCUT2D eigenvalue weighted by Crippen LogP contribution is -2.59. The van der Waals surface area contributed by atoms with Gasteiger partial charge in [-0.3, -0.25) is 4.79 Å². The molecule has 5 rings (SSSR count). The van der Waals surface area contributed by atoms with E-state index in [0.29, 0.717) is 30.7 Å². The third-order valence-electron chi connectivity index (χ3n) is 7.04. The van der Waals surface area contributed by atoms with Gasteiger partial charge in [-0.1, -0.05) is 23.9 Å². The summed E-state index contributed by atoms with van der Waals surface area (Å²) in [6.07, 6.45) is 0.707. The molecule has 176 valence electrons. The Bertz CT molecular complexity index is 1080. The third-order valence-corrected chi connectivity index (χ3v) is 8.41. The van der Waals surface area contributed by atoms with Crippen LogP contribution in [-0.4, -0.2) is 54.0 Å². The van der Waals surface area contributed by atoms with Gasteiger partial charge in [-0.05, 0) is 44.9 Å². The van der Waals surface area contributed by atoms with Crippen molar-refractivity contribution in [3.63, 3.8) is 0 Å². The fraction of sp³-hybridized carbons (Fsp3) is 0.500. The number of anilines is 1. The summed E-state index contributed by atoms with van der Waals surface area (Å²) in [4.78, 5) is 20.1.